The van der Waals surface area contributed by atoms with E-state index in [1.54, 1.807) is 0 Å². The fourth-order valence-corrected chi connectivity index (χ4v) is 3.25. The van der Waals surface area contributed by atoms with Crippen molar-refractivity contribution in [2.75, 3.05) is 13.2 Å². The van der Waals surface area contributed by atoms with Crippen molar-refractivity contribution in [3.63, 3.8) is 0 Å². The van der Waals surface area contributed by atoms with Crippen molar-refractivity contribution in [3.8, 4) is 0 Å². The Morgan fingerprint density at radius 3 is 2.41 bits per heavy atom. The predicted octanol–water partition coefficient (Wildman–Crippen LogP) is 1.15. The van der Waals surface area contributed by atoms with E-state index < -0.39 is 23.4 Å². The Morgan fingerprint density at radius 2 is 1.76 bits per heavy atom. The normalized spacial score (nSPS) is 50.5. The van der Waals surface area contributed by atoms with E-state index in [1.807, 2.05) is 27.7 Å². The number of ether oxygens (including phenoxy) is 2. The van der Waals surface area contributed by atoms with Gasteiger partial charge in [-0.25, -0.2) is 0 Å². The van der Waals surface area contributed by atoms with Crippen LogP contribution in [0.5, 0.6) is 0 Å². The largest absolute Gasteiger partial charge is 0.392 e. The van der Waals surface area contributed by atoms with Gasteiger partial charge in [0, 0.05) is 17.3 Å². The van der Waals surface area contributed by atoms with Crippen LogP contribution in [0.2, 0.25) is 0 Å². The van der Waals surface area contributed by atoms with Crippen LogP contribution in [0.1, 0.15) is 34.1 Å². The topological polar surface area (TPSA) is 58.9 Å². The van der Waals surface area contributed by atoms with E-state index in [4.69, 9.17) is 9.47 Å². The van der Waals surface area contributed by atoms with Gasteiger partial charge in [-0.3, -0.25) is 0 Å². The molecule has 5 atom stereocenters. The molecule has 4 nitrogen and oxygen atoms in total. The minimum absolute atomic E-state index is 0.106. The molecule has 1 unspecified atom stereocenters. The highest BCUT2D eigenvalue weighted by atomic mass is 16.7. The maximum absolute atomic E-state index is 10.2. The van der Waals surface area contributed by atoms with Crippen molar-refractivity contribution in [1.29, 1.82) is 0 Å². The van der Waals surface area contributed by atoms with E-state index >= 15 is 0 Å². The van der Waals surface area contributed by atoms with Crippen LogP contribution in [0.25, 0.3) is 0 Å². The van der Waals surface area contributed by atoms with Gasteiger partial charge < -0.3 is 19.7 Å². The zero-order valence-corrected chi connectivity index (χ0v) is 11.1. The summed E-state index contributed by atoms with van der Waals surface area (Å²) < 4.78 is 11.8. The Labute approximate surface area is 103 Å². The first kappa shape index (κ1) is 13.3. The number of aliphatic hydroxyl groups is 2. The van der Waals surface area contributed by atoms with Gasteiger partial charge in [0.05, 0.1) is 25.4 Å². The second-order valence-electron chi connectivity index (χ2n) is 6.11. The van der Waals surface area contributed by atoms with Crippen LogP contribution >= 0.6 is 0 Å². The first-order valence-electron chi connectivity index (χ1n) is 6.47. The monoisotopic (exact) mass is 244 g/mol. The van der Waals surface area contributed by atoms with Crippen molar-refractivity contribution in [2.45, 2.75) is 52.1 Å². The molecule has 0 aromatic rings. The lowest BCUT2D eigenvalue weighted by molar-refractivity contribution is -0.386. The third-order valence-electron chi connectivity index (χ3n) is 4.69. The quantitative estimate of drug-likeness (QED) is 0.671. The van der Waals surface area contributed by atoms with E-state index in [1.165, 1.54) is 0 Å². The lowest BCUT2D eigenvalue weighted by Gasteiger charge is -2.58. The lowest BCUT2D eigenvalue weighted by Crippen LogP contribution is -2.67. The summed E-state index contributed by atoms with van der Waals surface area (Å²) in [5.41, 5.74) is -0.508. The molecule has 0 aromatic carbocycles. The highest BCUT2D eigenvalue weighted by Crippen LogP contribution is 2.51. The summed E-state index contributed by atoms with van der Waals surface area (Å²) in [4.78, 5) is 0. The van der Waals surface area contributed by atoms with E-state index in [0.29, 0.717) is 19.6 Å². The number of hydrogen-bond donors (Lipinski definition) is 2. The molecular weight excluding hydrogens is 220 g/mol. The van der Waals surface area contributed by atoms with Crippen LogP contribution in [-0.2, 0) is 9.47 Å². The molecule has 0 bridgehead atoms. The summed E-state index contributed by atoms with van der Waals surface area (Å²) in [6.45, 7) is 8.78. The van der Waals surface area contributed by atoms with Crippen molar-refractivity contribution < 1.29 is 19.7 Å². The Kier molecular flexibility index (Phi) is 3.28. The lowest BCUT2D eigenvalue weighted by atomic mass is 9.66. The van der Waals surface area contributed by atoms with Gasteiger partial charge in [-0.15, -0.1) is 0 Å². The molecule has 2 heterocycles. The highest BCUT2D eigenvalue weighted by Gasteiger charge is 2.61. The molecular formula is C13H24O4. The maximum atomic E-state index is 10.2. The molecule has 2 N–H and O–H groups in total. The molecule has 0 amide bonds. The second-order valence-corrected chi connectivity index (χ2v) is 6.11. The average molecular weight is 244 g/mol. The molecule has 0 radical (unpaired) electrons. The Morgan fingerprint density at radius 1 is 1.12 bits per heavy atom. The fourth-order valence-electron chi connectivity index (χ4n) is 3.25. The summed E-state index contributed by atoms with van der Waals surface area (Å²) in [7, 11) is 0. The standard InChI is InChI=1S/C13H24O4/c1-8-7-17-13(9(2)11(8)15)12(3,4)10(14)5-6-16-13/h8-11,14-15H,5-7H2,1-4H3/t8-,9-,10+,11+,13?/m1/s1. The van der Waals surface area contributed by atoms with Crippen molar-refractivity contribution >= 4 is 0 Å². The number of rotatable bonds is 0. The minimum Gasteiger partial charge on any atom is -0.392 e. The van der Waals surface area contributed by atoms with Gasteiger partial charge in [-0.1, -0.05) is 27.7 Å². The van der Waals surface area contributed by atoms with E-state index in [2.05, 4.69) is 0 Å². The second kappa shape index (κ2) is 4.19. The third-order valence-corrected chi connectivity index (χ3v) is 4.69. The molecule has 2 saturated heterocycles. The molecule has 17 heavy (non-hydrogen) atoms. The summed E-state index contributed by atoms with van der Waals surface area (Å²) in [5, 5.41) is 20.4. The Hall–Kier alpha value is -0.160. The van der Waals surface area contributed by atoms with Gasteiger partial charge in [-0.05, 0) is 6.42 Å². The van der Waals surface area contributed by atoms with E-state index in [9.17, 15) is 10.2 Å². The van der Waals surface area contributed by atoms with Crippen LogP contribution in [-0.4, -0.2) is 41.4 Å². The number of aliphatic hydroxyl groups excluding tert-OH is 2. The smallest absolute Gasteiger partial charge is 0.180 e. The summed E-state index contributed by atoms with van der Waals surface area (Å²) >= 11 is 0. The van der Waals surface area contributed by atoms with Crippen LogP contribution in [0.15, 0.2) is 0 Å². The average Bonchev–Trinajstić information content (AvgIpc) is 2.27. The predicted molar refractivity (Wildman–Crippen MR) is 63.4 cm³/mol. The minimum atomic E-state index is -0.864. The molecule has 0 aliphatic carbocycles. The van der Waals surface area contributed by atoms with E-state index in [-0.39, 0.29) is 11.8 Å². The zero-order valence-electron chi connectivity index (χ0n) is 11.1. The third kappa shape index (κ3) is 1.73. The maximum Gasteiger partial charge on any atom is 0.180 e. The Bertz CT molecular complexity index is 291. The fraction of sp³-hybridized carbons (Fsp3) is 1.00. The Balaban J connectivity index is 2.34. The van der Waals surface area contributed by atoms with E-state index in [0.717, 1.165) is 0 Å². The first-order chi connectivity index (χ1) is 7.83. The summed E-state index contributed by atoms with van der Waals surface area (Å²) in [6, 6.07) is 0. The van der Waals surface area contributed by atoms with Gasteiger partial charge in [-0.2, -0.15) is 0 Å². The number of hydrogen-bond acceptors (Lipinski definition) is 4. The SMILES string of the molecule is C[C@@H]1COC2(OCC[C@H](O)C2(C)C)[C@H](C)[C@H]1O. The molecule has 2 aliphatic rings. The van der Waals surface area contributed by atoms with Gasteiger partial charge in [0.1, 0.15) is 0 Å². The first-order valence-corrected chi connectivity index (χ1v) is 6.47. The molecule has 4 heteroatoms. The molecule has 2 aliphatic heterocycles. The van der Waals surface area contributed by atoms with Crippen LogP contribution < -0.4 is 0 Å². The van der Waals surface area contributed by atoms with Gasteiger partial charge in [0.25, 0.3) is 0 Å². The van der Waals surface area contributed by atoms with Crippen molar-refractivity contribution in [3.05, 3.63) is 0 Å². The van der Waals surface area contributed by atoms with Crippen LogP contribution in [0.3, 0.4) is 0 Å². The van der Waals surface area contributed by atoms with Gasteiger partial charge in [0.2, 0.25) is 0 Å². The van der Waals surface area contributed by atoms with Crippen LogP contribution in [0.4, 0.5) is 0 Å². The molecule has 1 spiro atoms. The van der Waals surface area contributed by atoms with Crippen LogP contribution in [0, 0.1) is 17.3 Å². The molecule has 100 valence electrons. The zero-order chi connectivity index (χ0) is 12.8. The summed E-state index contributed by atoms with van der Waals surface area (Å²) in [5.74, 6) is -0.901. The highest BCUT2D eigenvalue weighted by molar-refractivity contribution is 5.03. The van der Waals surface area contributed by atoms with Gasteiger partial charge in [0.15, 0.2) is 5.79 Å². The summed E-state index contributed by atoms with van der Waals surface area (Å²) in [6.07, 6.45) is -0.288. The molecule has 0 saturated carbocycles. The molecule has 2 fully saturated rings. The molecule has 2 rings (SSSR count). The van der Waals surface area contributed by atoms with Gasteiger partial charge >= 0.3 is 0 Å². The van der Waals surface area contributed by atoms with Crippen molar-refractivity contribution in [2.24, 2.45) is 17.3 Å². The van der Waals surface area contributed by atoms with Crippen molar-refractivity contribution in [1.82, 2.24) is 0 Å². The molecule has 0 aromatic heterocycles.